The van der Waals surface area contributed by atoms with E-state index in [9.17, 15) is 4.79 Å². The molecule has 3 nitrogen and oxygen atoms in total. The lowest BCUT2D eigenvalue weighted by Crippen LogP contribution is -2.10. The Morgan fingerprint density at radius 2 is 2.54 bits per heavy atom. The Bertz CT molecular complexity index is 287. The van der Waals surface area contributed by atoms with Crippen LogP contribution >= 0.6 is 22.9 Å². The number of anilines is 1. The number of nitrogens with one attached hydrogen (secondary N) is 1. The summed E-state index contributed by atoms with van der Waals surface area (Å²) in [6, 6.07) is 0. The molecule has 0 aromatic carbocycles. The van der Waals surface area contributed by atoms with E-state index in [2.05, 4.69) is 10.3 Å². The van der Waals surface area contributed by atoms with E-state index >= 15 is 0 Å². The third-order valence-electron chi connectivity index (χ3n) is 1.41. The molecule has 0 saturated carbocycles. The van der Waals surface area contributed by atoms with E-state index in [0.717, 1.165) is 12.1 Å². The van der Waals surface area contributed by atoms with Gasteiger partial charge in [-0.15, -0.1) is 22.9 Å². The highest BCUT2D eigenvalue weighted by Gasteiger charge is 2.04. The lowest BCUT2D eigenvalue weighted by atomic mass is 10.3. The Labute approximate surface area is 86.1 Å². The molecule has 72 valence electrons. The van der Waals surface area contributed by atoms with Crippen molar-refractivity contribution >= 4 is 34.0 Å². The number of thiazole rings is 1. The summed E-state index contributed by atoms with van der Waals surface area (Å²) in [5.74, 6) is 0.401. The number of alkyl halides is 1. The van der Waals surface area contributed by atoms with Crippen LogP contribution in [0.4, 0.5) is 5.13 Å². The summed E-state index contributed by atoms with van der Waals surface area (Å²) in [5.41, 5.74) is 0.804. The number of amides is 1. The molecular weight excluding hydrogens is 208 g/mol. The highest BCUT2D eigenvalue weighted by atomic mass is 35.5. The largest absolute Gasteiger partial charge is 0.302 e. The first-order chi connectivity index (χ1) is 6.26. The molecule has 0 aliphatic rings. The fourth-order valence-corrected chi connectivity index (χ4v) is 1.79. The van der Waals surface area contributed by atoms with Crippen molar-refractivity contribution in [1.82, 2.24) is 4.98 Å². The van der Waals surface area contributed by atoms with Crippen LogP contribution in [-0.4, -0.2) is 10.9 Å². The molecule has 1 heterocycles. The number of carbonyl (C=O) groups excluding carboxylic acids is 1. The van der Waals surface area contributed by atoms with Gasteiger partial charge in [0.15, 0.2) is 5.13 Å². The molecule has 5 heteroatoms. The van der Waals surface area contributed by atoms with E-state index in [4.69, 9.17) is 11.6 Å². The van der Waals surface area contributed by atoms with Crippen molar-refractivity contribution in [1.29, 1.82) is 0 Å². The van der Waals surface area contributed by atoms with Gasteiger partial charge >= 0.3 is 0 Å². The number of hydrogen-bond acceptors (Lipinski definition) is 3. The minimum absolute atomic E-state index is 0.0120. The summed E-state index contributed by atoms with van der Waals surface area (Å²) in [6.07, 6.45) is 1.38. The van der Waals surface area contributed by atoms with Crippen molar-refractivity contribution in [3.05, 3.63) is 11.1 Å². The van der Waals surface area contributed by atoms with Crippen molar-refractivity contribution in [2.75, 3.05) is 5.32 Å². The Kier molecular flexibility index (Phi) is 4.18. The summed E-state index contributed by atoms with van der Waals surface area (Å²) in [4.78, 5) is 15.2. The van der Waals surface area contributed by atoms with Gasteiger partial charge in [0, 0.05) is 11.8 Å². The summed E-state index contributed by atoms with van der Waals surface area (Å²) in [6.45, 7) is 1.96. The Morgan fingerprint density at radius 3 is 3.08 bits per heavy atom. The van der Waals surface area contributed by atoms with Crippen molar-refractivity contribution in [3.8, 4) is 0 Å². The quantitative estimate of drug-likeness (QED) is 0.790. The van der Waals surface area contributed by atoms with E-state index in [1.807, 2.05) is 12.3 Å². The number of nitrogens with zero attached hydrogens (tertiary/aromatic N) is 1. The van der Waals surface area contributed by atoms with Crippen molar-refractivity contribution < 1.29 is 4.79 Å². The maximum atomic E-state index is 11.1. The van der Waals surface area contributed by atoms with Gasteiger partial charge in [-0.3, -0.25) is 4.79 Å². The molecule has 0 unspecified atom stereocenters. The van der Waals surface area contributed by atoms with Crippen LogP contribution in [0.2, 0.25) is 0 Å². The standard InChI is InChI=1S/C8H11ClN2OS/c1-2-3-7(12)11-8-10-6(4-9)5-13-8/h5H,2-4H2,1H3,(H,10,11,12). The fraction of sp³-hybridized carbons (Fsp3) is 0.500. The van der Waals surface area contributed by atoms with Gasteiger partial charge in [0.1, 0.15) is 0 Å². The predicted octanol–water partition coefficient (Wildman–Crippen LogP) is 2.62. The van der Waals surface area contributed by atoms with E-state index in [0.29, 0.717) is 17.4 Å². The Hall–Kier alpha value is -0.610. The third-order valence-corrected chi connectivity index (χ3v) is 2.49. The molecule has 13 heavy (non-hydrogen) atoms. The molecule has 1 aromatic heterocycles. The molecule has 0 aliphatic carbocycles. The zero-order valence-electron chi connectivity index (χ0n) is 7.34. The number of rotatable bonds is 4. The van der Waals surface area contributed by atoms with Gasteiger partial charge in [0.05, 0.1) is 11.6 Å². The van der Waals surface area contributed by atoms with Gasteiger partial charge in [-0.1, -0.05) is 6.92 Å². The molecule has 0 spiro atoms. The van der Waals surface area contributed by atoms with Gasteiger partial charge in [-0.2, -0.15) is 0 Å². The van der Waals surface area contributed by atoms with Crippen LogP contribution in [0.5, 0.6) is 0 Å². The second-order valence-electron chi connectivity index (χ2n) is 2.58. The first kappa shape index (κ1) is 10.5. The number of aromatic nitrogens is 1. The molecule has 1 aromatic rings. The van der Waals surface area contributed by atoms with Gasteiger partial charge in [-0.05, 0) is 6.42 Å². The smallest absolute Gasteiger partial charge is 0.226 e. The van der Waals surface area contributed by atoms with Gasteiger partial charge < -0.3 is 5.32 Å². The van der Waals surface area contributed by atoms with Crippen LogP contribution in [-0.2, 0) is 10.7 Å². The maximum Gasteiger partial charge on any atom is 0.226 e. The summed E-state index contributed by atoms with van der Waals surface area (Å²) in [7, 11) is 0. The number of hydrogen-bond donors (Lipinski definition) is 1. The second kappa shape index (κ2) is 5.19. The molecule has 0 aliphatic heterocycles. The monoisotopic (exact) mass is 218 g/mol. The normalized spacial score (nSPS) is 10.0. The summed E-state index contributed by atoms with van der Waals surface area (Å²) >= 11 is 6.97. The minimum atomic E-state index is 0.0120. The summed E-state index contributed by atoms with van der Waals surface area (Å²) in [5, 5.41) is 5.18. The molecule has 0 saturated heterocycles. The number of carbonyl (C=O) groups is 1. The molecule has 0 atom stereocenters. The van der Waals surface area contributed by atoms with E-state index in [-0.39, 0.29) is 5.91 Å². The first-order valence-corrected chi connectivity index (χ1v) is 5.48. The van der Waals surface area contributed by atoms with Gasteiger partial charge in [-0.25, -0.2) is 4.98 Å². The van der Waals surface area contributed by atoms with Crippen LogP contribution in [0.25, 0.3) is 0 Å². The van der Waals surface area contributed by atoms with Crippen LogP contribution in [0.15, 0.2) is 5.38 Å². The second-order valence-corrected chi connectivity index (χ2v) is 3.70. The number of halogens is 1. The van der Waals surface area contributed by atoms with Crippen LogP contribution in [0, 0.1) is 0 Å². The molecule has 0 fully saturated rings. The molecule has 1 amide bonds. The van der Waals surface area contributed by atoms with Crippen molar-refractivity contribution in [2.24, 2.45) is 0 Å². The van der Waals surface area contributed by atoms with Gasteiger partial charge in [0.25, 0.3) is 0 Å². The average molecular weight is 219 g/mol. The molecular formula is C8H11ClN2OS. The Balaban J connectivity index is 2.49. The zero-order valence-corrected chi connectivity index (χ0v) is 8.91. The van der Waals surface area contributed by atoms with Gasteiger partial charge in [0.2, 0.25) is 5.91 Å². The molecule has 0 bridgehead atoms. The maximum absolute atomic E-state index is 11.1. The van der Waals surface area contributed by atoms with Crippen molar-refractivity contribution in [2.45, 2.75) is 25.6 Å². The topological polar surface area (TPSA) is 42.0 Å². The van der Waals surface area contributed by atoms with Crippen LogP contribution in [0.1, 0.15) is 25.5 Å². The highest BCUT2D eigenvalue weighted by Crippen LogP contribution is 2.16. The first-order valence-electron chi connectivity index (χ1n) is 4.06. The van der Waals surface area contributed by atoms with Crippen LogP contribution in [0.3, 0.4) is 0 Å². The summed E-state index contributed by atoms with van der Waals surface area (Å²) < 4.78 is 0. The zero-order chi connectivity index (χ0) is 9.68. The highest BCUT2D eigenvalue weighted by molar-refractivity contribution is 7.13. The van der Waals surface area contributed by atoms with Crippen LogP contribution < -0.4 is 5.32 Å². The van der Waals surface area contributed by atoms with Crippen molar-refractivity contribution in [3.63, 3.8) is 0 Å². The SMILES string of the molecule is CCCC(=O)Nc1nc(CCl)cs1. The molecule has 1 N–H and O–H groups in total. The predicted molar refractivity (Wildman–Crippen MR) is 55.2 cm³/mol. The molecule has 1 rings (SSSR count). The minimum Gasteiger partial charge on any atom is -0.302 e. The van der Waals surface area contributed by atoms with E-state index in [1.54, 1.807) is 0 Å². The fourth-order valence-electron chi connectivity index (χ4n) is 0.835. The van der Waals surface area contributed by atoms with E-state index < -0.39 is 0 Å². The lowest BCUT2D eigenvalue weighted by Gasteiger charge is -1.97. The van der Waals surface area contributed by atoms with E-state index in [1.165, 1.54) is 11.3 Å². The molecule has 0 radical (unpaired) electrons. The third kappa shape index (κ3) is 3.32. The Morgan fingerprint density at radius 1 is 1.77 bits per heavy atom. The average Bonchev–Trinajstić information content (AvgIpc) is 2.52. The lowest BCUT2D eigenvalue weighted by molar-refractivity contribution is -0.116.